The van der Waals surface area contributed by atoms with Crippen LogP contribution in [0.25, 0.3) is 0 Å². The number of carbonyl (C=O) groups is 1. The summed E-state index contributed by atoms with van der Waals surface area (Å²) in [5, 5.41) is 21.2. The van der Waals surface area contributed by atoms with Crippen molar-refractivity contribution >= 4 is 5.97 Å². The molecular formula is C9H14NO3. The molecule has 0 aromatic carbocycles. The zero-order valence-electron chi connectivity index (χ0n) is 13.3. The average molecular weight is 191 g/mol. The normalized spacial score (nSPS) is 34.5. The highest BCUT2D eigenvalue weighted by molar-refractivity contribution is 5.90. The van der Waals surface area contributed by atoms with E-state index in [0.29, 0.717) is 0 Å². The van der Waals surface area contributed by atoms with E-state index in [4.69, 9.17) is 13.3 Å². The van der Waals surface area contributed by atoms with Crippen molar-refractivity contribution in [3.8, 4) is 0 Å². The predicted molar refractivity (Wildman–Crippen MR) is 46.4 cm³/mol. The van der Waals surface area contributed by atoms with E-state index in [0.717, 1.165) is 6.08 Å². The van der Waals surface area contributed by atoms with E-state index in [-0.39, 0.29) is 5.06 Å². The van der Waals surface area contributed by atoms with Gasteiger partial charge in [0.15, 0.2) is 0 Å². The molecule has 1 heterocycles. The Morgan fingerprint density at radius 3 is 2.46 bits per heavy atom. The zero-order valence-corrected chi connectivity index (χ0v) is 7.29. The van der Waals surface area contributed by atoms with Crippen molar-refractivity contribution in [3.63, 3.8) is 0 Å². The lowest BCUT2D eigenvalue weighted by Gasteiger charge is -2.32. The van der Waals surface area contributed by atoms with Gasteiger partial charge in [-0.3, -0.25) is 0 Å². The Bertz CT molecular complexity index is 422. The molecule has 0 aromatic heterocycles. The molecule has 1 rings (SSSR count). The summed E-state index contributed by atoms with van der Waals surface area (Å²) in [5.41, 5.74) is -5.50. The van der Waals surface area contributed by atoms with Crippen molar-refractivity contribution in [2.24, 2.45) is 0 Å². The lowest BCUT2D eigenvalue weighted by Crippen LogP contribution is -2.47. The molecule has 0 atom stereocenters. The first kappa shape index (κ1) is 4.57. The van der Waals surface area contributed by atoms with Gasteiger partial charge in [-0.2, -0.15) is 0 Å². The Hall–Kier alpha value is -0.870. The number of nitrogens with zero attached hydrogens (tertiary/aromatic N) is 1. The van der Waals surface area contributed by atoms with Gasteiger partial charge in [0.05, 0.1) is 16.7 Å². The van der Waals surface area contributed by atoms with Gasteiger partial charge < -0.3 is 5.11 Å². The molecule has 0 saturated heterocycles. The first-order chi connectivity index (χ1) is 8.19. The smallest absolute Gasteiger partial charge is 0.333 e. The highest BCUT2D eigenvalue weighted by Crippen LogP contribution is 2.38. The van der Waals surface area contributed by atoms with Crippen LogP contribution in [0.5, 0.6) is 0 Å². The van der Waals surface area contributed by atoms with Gasteiger partial charge in [0.1, 0.15) is 0 Å². The number of carboxylic acid groups (broad SMARTS) is 1. The van der Waals surface area contributed by atoms with Gasteiger partial charge in [0, 0.05) is 8.22 Å². The summed E-state index contributed by atoms with van der Waals surface area (Å²) >= 11 is 0. The number of hydrogen-bond donors (Lipinski definition) is 1. The van der Waals surface area contributed by atoms with E-state index < -0.39 is 36.3 Å². The van der Waals surface area contributed by atoms with Crippen LogP contribution in [0.3, 0.4) is 0 Å². The van der Waals surface area contributed by atoms with E-state index >= 15 is 0 Å². The maximum Gasteiger partial charge on any atom is 0.333 e. The molecule has 0 fully saturated rings. The van der Waals surface area contributed by atoms with Crippen molar-refractivity contribution in [2.75, 3.05) is 0 Å². The van der Waals surface area contributed by atoms with Gasteiger partial charge in [-0.05, 0) is 33.6 Å². The Labute approximate surface area is 85.9 Å². The second-order valence-corrected chi connectivity index (χ2v) is 3.52. The minimum atomic E-state index is -3.31. The summed E-state index contributed by atoms with van der Waals surface area (Å²) in [6, 6.07) is 0. The monoisotopic (exact) mass is 191 g/mol. The van der Waals surface area contributed by atoms with Crippen molar-refractivity contribution in [3.05, 3.63) is 11.6 Å². The van der Waals surface area contributed by atoms with Crippen LogP contribution in [-0.4, -0.2) is 27.2 Å². The number of carboxylic acids is 1. The van der Waals surface area contributed by atoms with Gasteiger partial charge in [-0.25, -0.2) is 4.79 Å². The van der Waals surface area contributed by atoms with Gasteiger partial charge in [-0.15, -0.1) is 10.3 Å². The molecule has 0 bridgehead atoms. The molecule has 0 spiro atoms. The van der Waals surface area contributed by atoms with Crippen LogP contribution >= 0.6 is 0 Å². The molecule has 1 N–H and O–H groups in total. The van der Waals surface area contributed by atoms with E-state index in [9.17, 15) is 10.0 Å². The van der Waals surface area contributed by atoms with Crippen LogP contribution in [0, 0.1) is 0 Å². The molecule has 1 aliphatic rings. The van der Waals surface area contributed by atoms with Crippen molar-refractivity contribution in [1.82, 2.24) is 5.06 Å². The lowest BCUT2D eigenvalue weighted by molar-refractivity contribution is -0.239. The molecular weight excluding hydrogens is 171 g/mol. The van der Waals surface area contributed by atoms with Crippen LogP contribution < -0.4 is 0 Å². The van der Waals surface area contributed by atoms with Crippen LogP contribution in [-0.2, 0) is 10.0 Å². The summed E-state index contributed by atoms with van der Waals surface area (Å²) in [4.78, 5) is 11.2. The molecule has 4 heteroatoms. The molecule has 0 aliphatic carbocycles. The Kier molecular flexibility index (Phi) is 0.900. The molecule has 0 unspecified atom stereocenters. The van der Waals surface area contributed by atoms with Gasteiger partial charge in [0.25, 0.3) is 0 Å². The third-order valence-corrected chi connectivity index (χ3v) is 1.95. The van der Waals surface area contributed by atoms with Gasteiger partial charge in [0.2, 0.25) is 0 Å². The molecule has 0 amide bonds. The number of hydrogen-bond acceptors (Lipinski definition) is 2. The third-order valence-electron chi connectivity index (χ3n) is 1.95. The fraction of sp³-hybridized carbons (Fsp3) is 0.667. The standard InChI is InChI=1S/C9H14NO3/c1-8(2)5-6(7(11)12)9(3,4)10(8)13/h5H,1-4H3,(H,11,12)/i3D3,4D3,10+1. The van der Waals surface area contributed by atoms with Crippen molar-refractivity contribution in [1.29, 1.82) is 0 Å². The molecule has 73 valence electrons. The largest absolute Gasteiger partial charge is 0.478 e. The quantitative estimate of drug-likeness (QED) is 0.634. The van der Waals surface area contributed by atoms with Crippen molar-refractivity contribution < 1.29 is 23.3 Å². The lowest BCUT2D eigenvalue weighted by atomic mass is 9.98. The van der Waals surface area contributed by atoms with E-state index in [1.54, 1.807) is 0 Å². The summed E-state index contributed by atoms with van der Waals surface area (Å²) < 4.78 is 44.3. The third kappa shape index (κ3) is 1.36. The fourth-order valence-electron chi connectivity index (χ4n) is 1.27. The summed E-state index contributed by atoms with van der Waals surface area (Å²) in [5.74, 6) is -1.72. The highest BCUT2D eigenvalue weighted by atomic mass is 16.8. The van der Waals surface area contributed by atoms with Gasteiger partial charge >= 0.3 is 5.97 Å². The minimum Gasteiger partial charge on any atom is -0.478 e. The average Bonchev–Trinajstić information content (AvgIpc) is 2.33. The summed E-state index contributed by atoms with van der Waals surface area (Å²) in [6.45, 7) is -4.08. The van der Waals surface area contributed by atoms with Crippen molar-refractivity contribution in [2.45, 2.75) is 38.6 Å². The highest BCUT2D eigenvalue weighted by Gasteiger charge is 2.48. The van der Waals surface area contributed by atoms with E-state index in [1.807, 2.05) is 0 Å². The SMILES string of the molecule is [2H]C([2H])([2H])C1(C([2H])([2H])[2H])C(C(=O)O)=CC(C)(C)[15N]1[O]. The van der Waals surface area contributed by atoms with Crippen LogP contribution in [0.1, 0.15) is 35.8 Å². The molecule has 1 aliphatic heterocycles. The predicted octanol–water partition coefficient (Wildman–Crippen LogP) is 1.22. The molecule has 13 heavy (non-hydrogen) atoms. The number of rotatable bonds is 1. The van der Waals surface area contributed by atoms with Crippen LogP contribution in [0.4, 0.5) is 0 Å². The Morgan fingerprint density at radius 1 is 1.62 bits per heavy atom. The van der Waals surface area contributed by atoms with E-state index in [2.05, 4.69) is 0 Å². The number of aliphatic carboxylic acids is 1. The molecule has 4 nitrogen and oxygen atoms in total. The zero-order chi connectivity index (χ0) is 15.4. The molecule has 0 saturated carbocycles. The Morgan fingerprint density at radius 2 is 2.15 bits per heavy atom. The van der Waals surface area contributed by atoms with Crippen LogP contribution in [0.2, 0.25) is 0 Å². The molecule has 0 aromatic rings. The topological polar surface area (TPSA) is 60.4 Å². The fourth-order valence-corrected chi connectivity index (χ4v) is 1.27. The van der Waals surface area contributed by atoms with Crippen LogP contribution in [0.15, 0.2) is 11.6 Å². The van der Waals surface area contributed by atoms with Gasteiger partial charge in [-0.1, -0.05) is 0 Å². The van der Waals surface area contributed by atoms with E-state index in [1.165, 1.54) is 13.8 Å². The molecule has 1 radical (unpaired) electrons. The second-order valence-electron chi connectivity index (χ2n) is 3.52. The first-order valence-electron chi connectivity index (χ1n) is 6.63. The second kappa shape index (κ2) is 2.56. The summed E-state index contributed by atoms with van der Waals surface area (Å²) in [7, 11) is 0. The minimum absolute atomic E-state index is 0.135. The maximum absolute atomic E-state index is 12.2. The number of hydroxylamine groups is 2. The maximum atomic E-state index is 12.2. The summed E-state index contributed by atoms with van der Waals surface area (Å²) in [6.07, 6.45) is 0.890. The Balaban J connectivity index is 3.73. The first-order valence-corrected chi connectivity index (χ1v) is 3.63.